The number of rotatable bonds is 5. The topological polar surface area (TPSA) is 72.2 Å². The smallest absolute Gasteiger partial charge is 0.366 e. The molecule has 1 saturated heterocycles. The highest BCUT2D eigenvalue weighted by molar-refractivity contribution is 7.19. The molecule has 1 N–H and O–H groups in total. The van der Waals surface area contributed by atoms with Crippen LogP contribution in [0, 0.1) is 5.92 Å². The highest BCUT2D eigenvalue weighted by Gasteiger charge is 2.47. The van der Waals surface area contributed by atoms with E-state index in [0.29, 0.717) is 37.9 Å². The quantitative estimate of drug-likeness (QED) is 0.362. The van der Waals surface area contributed by atoms with Crippen LogP contribution < -0.4 is 21.5 Å². The van der Waals surface area contributed by atoms with Crippen LogP contribution in [0.25, 0.3) is 21.3 Å². The van der Waals surface area contributed by atoms with E-state index in [4.69, 9.17) is 11.6 Å². The number of nitrogens with zero attached hydrogens (tertiary/aromatic N) is 4. The van der Waals surface area contributed by atoms with Crippen molar-refractivity contribution in [3.05, 3.63) is 79.0 Å². The van der Waals surface area contributed by atoms with E-state index in [2.05, 4.69) is 21.3 Å². The van der Waals surface area contributed by atoms with E-state index in [0.717, 1.165) is 65.1 Å². The van der Waals surface area contributed by atoms with E-state index in [9.17, 15) is 22.8 Å². The van der Waals surface area contributed by atoms with Gasteiger partial charge in [0.2, 0.25) is 0 Å². The molecule has 3 aromatic heterocycles. The van der Waals surface area contributed by atoms with E-state index in [1.807, 2.05) is 12.1 Å². The van der Waals surface area contributed by atoms with Crippen molar-refractivity contribution in [2.75, 3.05) is 24.5 Å². The molecule has 7 rings (SSSR count). The Morgan fingerprint density at radius 2 is 2.00 bits per heavy atom. The summed E-state index contributed by atoms with van der Waals surface area (Å²) in [4.78, 5) is 33.0. The minimum atomic E-state index is -4.58. The second-order valence-corrected chi connectivity index (χ2v) is 12.4. The van der Waals surface area contributed by atoms with Gasteiger partial charge >= 0.3 is 11.9 Å². The lowest BCUT2D eigenvalue weighted by atomic mass is 9.92. The standard InChI is InChI=1S/C28H25ClF3N5O2S/c29-16-8-21(25-22(9-16)20-7-15(20)12-36(25)17-1-4-33-11-17)19-2-5-34-23-10-18(40-26(19)23)13-37-24(38)3-6-35(27(37)39)14-28(30,31)32/h2-3,5-6,8-10,15,17,20,33H,1,4,7,11-14H2/t15-,17+,20-/m1/s1. The Labute approximate surface area is 235 Å². The number of alkyl halides is 3. The molecule has 1 saturated carbocycles. The zero-order valence-electron chi connectivity index (χ0n) is 21.2. The van der Waals surface area contributed by atoms with Gasteiger partial charge in [-0.25, -0.2) is 4.79 Å². The van der Waals surface area contributed by atoms with Crippen LogP contribution in [-0.4, -0.2) is 46.0 Å². The van der Waals surface area contributed by atoms with Gasteiger partial charge in [-0.15, -0.1) is 11.3 Å². The fourth-order valence-corrected chi connectivity index (χ4v) is 7.65. The molecule has 1 aromatic carbocycles. The van der Waals surface area contributed by atoms with Gasteiger partial charge in [-0.3, -0.25) is 18.9 Å². The lowest BCUT2D eigenvalue weighted by Crippen LogP contribution is -2.41. The second kappa shape index (κ2) is 9.46. The highest BCUT2D eigenvalue weighted by atomic mass is 35.5. The van der Waals surface area contributed by atoms with Crippen molar-refractivity contribution < 1.29 is 13.2 Å². The van der Waals surface area contributed by atoms with Gasteiger partial charge in [0.1, 0.15) is 6.54 Å². The number of aromatic nitrogens is 3. The van der Waals surface area contributed by atoms with Gasteiger partial charge < -0.3 is 10.2 Å². The maximum atomic E-state index is 13.0. The molecule has 1 aliphatic carbocycles. The first-order chi connectivity index (χ1) is 19.2. The molecule has 2 fully saturated rings. The molecule has 0 radical (unpaired) electrons. The van der Waals surface area contributed by atoms with E-state index in [1.165, 1.54) is 22.6 Å². The Hall–Kier alpha value is -3.15. The molecule has 4 aromatic rings. The van der Waals surface area contributed by atoms with Crippen LogP contribution in [0.4, 0.5) is 18.9 Å². The number of hydrogen-bond donors (Lipinski definition) is 1. The van der Waals surface area contributed by atoms with Gasteiger partial charge in [-0.1, -0.05) is 11.6 Å². The molecule has 208 valence electrons. The normalized spacial score (nSPS) is 22.0. The number of benzene rings is 1. The number of fused-ring (bicyclic) bond motifs is 4. The molecule has 12 heteroatoms. The first-order valence-electron chi connectivity index (χ1n) is 13.2. The molecular weight excluding hydrogens is 563 g/mol. The molecule has 0 spiro atoms. The van der Waals surface area contributed by atoms with Crippen LogP contribution in [0.1, 0.15) is 29.2 Å². The van der Waals surface area contributed by atoms with Crippen molar-refractivity contribution in [2.45, 2.75) is 44.1 Å². The average Bonchev–Trinajstić information content (AvgIpc) is 3.28. The molecule has 0 bridgehead atoms. The molecule has 40 heavy (non-hydrogen) atoms. The van der Waals surface area contributed by atoms with Crippen molar-refractivity contribution >= 4 is 38.8 Å². The predicted octanol–water partition coefficient (Wildman–Crippen LogP) is 4.84. The third-order valence-corrected chi connectivity index (χ3v) is 9.54. The Balaban J connectivity index is 1.32. The third-order valence-electron chi connectivity index (χ3n) is 8.18. The number of thiophene rings is 1. The summed E-state index contributed by atoms with van der Waals surface area (Å²) in [6.45, 7) is 1.34. The molecule has 0 unspecified atom stereocenters. The van der Waals surface area contributed by atoms with Crippen LogP contribution in [0.15, 0.2) is 52.3 Å². The first-order valence-corrected chi connectivity index (χ1v) is 14.4. The molecule has 3 aliphatic rings. The predicted molar refractivity (Wildman–Crippen MR) is 150 cm³/mol. The van der Waals surface area contributed by atoms with Crippen molar-refractivity contribution in [2.24, 2.45) is 5.92 Å². The van der Waals surface area contributed by atoms with Crippen molar-refractivity contribution in [3.63, 3.8) is 0 Å². The fraction of sp³-hybridized carbons (Fsp3) is 0.393. The van der Waals surface area contributed by atoms with Crippen molar-refractivity contribution in [1.82, 2.24) is 19.4 Å². The van der Waals surface area contributed by atoms with Crippen LogP contribution >= 0.6 is 22.9 Å². The van der Waals surface area contributed by atoms with E-state index in [1.54, 1.807) is 12.3 Å². The Morgan fingerprint density at radius 3 is 2.77 bits per heavy atom. The van der Waals surface area contributed by atoms with Gasteiger partial charge in [0.15, 0.2) is 0 Å². The maximum absolute atomic E-state index is 13.0. The van der Waals surface area contributed by atoms with Gasteiger partial charge in [0, 0.05) is 64.3 Å². The second-order valence-electron chi connectivity index (χ2n) is 10.8. The summed E-state index contributed by atoms with van der Waals surface area (Å²) in [6, 6.07) is 9.25. The number of anilines is 1. The van der Waals surface area contributed by atoms with Crippen molar-refractivity contribution in [1.29, 1.82) is 0 Å². The molecule has 0 amide bonds. The molecular formula is C28H25ClF3N5O2S. The Morgan fingerprint density at radius 1 is 1.15 bits per heavy atom. The monoisotopic (exact) mass is 587 g/mol. The minimum absolute atomic E-state index is 0.145. The largest absolute Gasteiger partial charge is 0.406 e. The zero-order valence-corrected chi connectivity index (χ0v) is 22.8. The number of pyridine rings is 1. The average molecular weight is 588 g/mol. The molecule has 7 nitrogen and oxygen atoms in total. The summed E-state index contributed by atoms with van der Waals surface area (Å²) in [5.74, 6) is 1.16. The maximum Gasteiger partial charge on any atom is 0.406 e. The van der Waals surface area contributed by atoms with Crippen LogP contribution in [0.2, 0.25) is 5.02 Å². The highest BCUT2D eigenvalue weighted by Crippen LogP contribution is 2.58. The van der Waals surface area contributed by atoms with Crippen LogP contribution in [-0.2, 0) is 13.1 Å². The first kappa shape index (κ1) is 25.8. The minimum Gasteiger partial charge on any atom is -0.366 e. The lowest BCUT2D eigenvalue weighted by Gasteiger charge is -2.37. The summed E-state index contributed by atoms with van der Waals surface area (Å²) in [5.41, 5.74) is 3.54. The fourth-order valence-electron chi connectivity index (χ4n) is 6.29. The number of halogens is 4. The Bertz CT molecular complexity index is 1760. The van der Waals surface area contributed by atoms with Gasteiger partial charge in [0.25, 0.3) is 5.56 Å². The van der Waals surface area contributed by atoms with E-state index < -0.39 is 24.0 Å². The summed E-state index contributed by atoms with van der Waals surface area (Å²) >= 11 is 8.07. The van der Waals surface area contributed by atoms with Crippen molar-refractivity contribution in [3.8, 4) is 11.1 Å². The van der Waals surface area contributed by atoms with Gasteiger partial charge in [-0.2, -0.15) is 13.2 Å². The molecule has 3 atom stereocenters. The summed E-state index contributed by atoms with van der Waals surface area (Å²) in [7, 11) is 0. The Kier molecular flexibility index (Phi) is 6.10. The lowest BCUT2D eigenvalue weighted by molar-refractivity contribution is -0.141. The van der Waals surface area contributed by atoms with E-state index >= 15 is 0 Å². The van der Waals surface area contributed by atoms with Crippen LogP contribution in [0.5, 0.6) is 0 Å². The van der Waals surface area contributed by atoms with Gasteiger partial charge in [0.05, 0.1) is 16.8 Å². The number of nitrogens with one attached hydrogen (secondary N) is 1. The van der Waals surface area contributed by atoms with E-state index in [-0.39, 0.29) is 6.54 Å². The summed E-state index contributed by atoms with van der Waals surface area (Å²) in [6.07, 6.45) is 0.275. The number of hydrogen-bond acceptors (Lipinski definition) is 6. The van der Waals surface area contributed by atoms with Gasteiger partial charge in [-0.05, 0) is 61.1 Å². The molecule has 2 aliphatic heterocycles. The SMILES string of the molecule is O=c1ccn(CC(F)(F)F)c(=O)n1Cc1cc2nccc(-c3cc(Cl)cc4c3N([C@H]3CCNC3)C[C@H]3C[C@@H]43)c2s1. The molecule has 5 heterocycles. The zero-order chi connectivity index (χ0) is 27.8. The van der Waals surface area contributed by atoms with Crippen LogP contribution in [0.3, 0.4) is 0 Å². The third kappa shape index (κ3) is 4.53. The summed E-state index contributed by atoms with van der Waals surface area (Å²) < 4.78 is 41.1. The summed E-state index contributed by atoms with van der Waals surface area (Å²) in [5, 5.41) is 4.16.